The van der Waals surface area contributed by atoms with Gasteiger partial charge in [-0.1, -0.05) is 25.1 Å². The standard InChI is InChI=1S/C13H18N2O3/c1-3-10-6-4-5-7-11(10)15-13(18)12(17)14-8-9(2)16/h4-7,9,16H,3,8H2,1-2H3,(H,14,17)(H,15,18)/t9-/m0/s1. The van der Waals surface area contributed by atoms with Gasteiger partial charge in [0.15, 0.2) is 0 Å². The van der Waals surface area contributed by atoms with E-state index in [1.54, 1.807) is 12.1 Å². The van der Waals surface area contributed by atoms with Gasteiger partial charge in [-0.25, -0.2) is 0 Å². The average molecular weight is 250 g/mol. The number of anilines is 1. The highest BCUT2D eigenvalue weighted by Gasteiger charge is 2.14. The molecule has 0 aliphatic carbocycles. The zero-order chi connectivity index (χ0) is 13.5. The van der Waals surface area contributed by atoms with E-state index in [0.29, 0.717) is 5.69 Å². The number of rotatable bonds is 4. The van der Waals surface area contributed by atoms with Gasteiger partial charge in [0.2, 0.25) is 0 Å². The largest absolute Gasteiger partial charge is 0.392 e. The maximum absolute atomic E-state index is 11.6. The number of carbonyl (C=O) groups is 2. The number of nitrogens with one attached hydrogen (secondary N) is 2. The van der Waals surface area contributed by atoms with E-state index in [4.69, 9.17) is 5.11 Å². The molecule has 98 valence electrons. The predicted molar refractivity (Wildman–Crippen MR) is 69.1 cm³/mol. The molecule has 1 atom stereocenters. The van der Waals surface area contributed by atoms with Crippen molar-refractivity contribution in [1.29, 1.82) is 0 Å². The van der Waals surface area contributed by atoms with Crippen LogP contribution in [0.3, 0.4) is 0 Å². The lowest BCUT2D eigenvalue weighted by Crippen LogP contribution is -2.38. The van der Waals surface area contributed by atoms with Crippen molar-refractivity contribution in [2.75, 3.05) is 11.9 Å². The summed E-state index contributed by atoms with van der Waals surface area (Å²) < 4.78 is 0. The highest BCUT2D eigenvalue weighted by Crippen LogP contribution is 2.14. The van der Waals surface area contributed by atoms with E-state index >= 15 is 0 Å². The Balaban J connectivity index is 2.61. The Morgan fingerprint density at radius 2 is 1.94 bits per heavy atom. The van der Waals surface area contributed by atoms with Gasteiger partial charge in [-0.15, -0.1) is 0 Å². The van der Waals surface area contributed by atoms with E-state index in [1.165, 1.54) is 6.92 Å². The van der Waals surface area contributed by atoms with Gasteiger partial charge in [-0.05, 0) is 25.0 Å². The molecule has 1 aromatic rings. The van der Waals surface area contributed by atoms with Crippen LogP contribution in [0.25, 0.3) is 0 Å². The fraction of sp³-hybridized carbons (Fsp3) is 0.385. The molecule has 0 aromatic heterocycles. The second kappa shape index (κ2) is 6.76. The zero-order valence-corrected chi connectivity index (χ0v) is 10.6. The molecule has 5 nitrogen and oxygen atoms in total. The van der Waals surface area contributed by atoms with Crippen LogP contribution in [0.15, 0.2) is 24.3 Å². The third-order valence-electron chi connectivity index (χ3n) is 2.41. The van der Waals surface area contributed by atoms with Gasteiger partial charge in [0.1, 0.15) is 0 Å². The molecule has 0 fully saturated rings. The molecular formula is C13H18N2O3. The van der Waals surface area contributed by atoms with E-state index in [-0.39, 0.29) is 6.54 Å². The molecule has 0 saturated carbocycles. The highest BCUT2D eigenvalue weighted by molar-refractivity contribution is 6.39. The summed E-state index contributed by atoms with van der Waals surface area (Å²) in [6.45, 7) is 3.56. The SMILES string of the molecule is CCc1ccccc1NC(=O)C(=O)NC[C@H](C)O. The first-order valence-corrected chi connectivity index (χ1v) is 5.89. The fourth-order valence-electron chi connectivity index (χ4n) is 1.45. The summed E-state index contributed by atoms with van der Waals surface area (Å²) in [5, 5.41) is 13.9. The van der Waals surface area contributed by atoms with E-state index in [1.807, 2.05) is 19.1 Å². The maximum Gasteiger partial charge on any atom is 0.313 e. The molecule has 0 saturated heterocycles. The summed E-state index contributed by atoms with van der Waals surface area (Å²) in [5.41, 5.74) is 1.60. The number of carbonyl (C=O) groups excluding carboxylic acids is 2. The van der Waals surface area contributed by atoms with E-state index in [9.17, 15) is 9.59 Å². The predicted octanol–water partition coefficient (Wildman–Crippen LogP) is 0.684. The molecule has 2 amide bonds. The molecule has 0 bridgehead atoms. The molecule has 0 aliphatic rings. The van der Waals surface area contributed by atoms with Gasteiger partial charge in [-0.2, -0.15) is 0 Å². The van der Waals surface area contributed by atoms with Crippen LogP contribution in [0, 0.1) is 0 Å². The van der Waals surface area contributed by atoms with Crippen LogP contribution < -0.4 is 10.6 Å². The molecule has 5 heteroatoms. The van der Waals surface area contributed by atoms with Crippen LogP contribution in [0.4, 0.5) is 5.69 Å². The zero-order valence-electron chi connectivity index (χ0n) is 10.6. The third-order valence-corrected chi connectivity index (χ3v) is 2.41. The summed E-state index contributed by atoms with van der Waals surface area (Å²) in [5.74, 6) is -1.47. The molecule has 1 rings (SSSR count). The number of para-hydroxylation sites is 1. The molecule has 0 unspecified atom stereocenters. The topological polar surface area (TPSA) is 78.4 Å². The number of benzene rings is 1. The minimum Gasteiger partial charge on any atom is -0.392 e. The minimum absolute atomic E-state index is 0.0572. The number of hydrogen-bond acceptors (Lipinski definition) is 3. The van der Waals surface area contributed by atoms with Crippen molar-refractivity contribution in [3.05, 3.63) is 29.8 Å². The number of aliphatic hydroxyl groups is 1. The molecule has 0 aliphatic heterocycles. The van der Waals surface area contributed by atoms with Crippen LogP contribution in [0.2, 0.25) is 0 Å². The lowest BCUT2D eigenvalue weighted by Gasteiger charge is -2.10. The summed E-state index contributed by atoms with van der Waals surface area (Å²) in [4.78, 5) is 23.0. The van der Waals surface area contributed by atoms with E-state index < -0.39 is 17.9 Å². The highest BCUT2D eigenvalue weighted by atomic mass is 16.3. The lowest BCUT2D eigenvalue weighted by molar-refractivity contribution is -0.136. The van der Waals surface area contributed by atoms with Crippen molar-refractivity contribution >= 4 is 17.5 Å². The lowest BCUT2D eigenvalue weighted by atomic mass is 10.1. The Labute approximate surface area is 106 Å². The minimum atomic E-state index is -0.748. The van der Waals surface area contributed by atoms with Crippen LogP contribution >= 0.6 is 0 Å². The molecule has 18 heavy (non-hydrogen) atoms. The Morgan fingerprint density at radius 3 is 2.56 bits per heavy atom. The van der Waals surface area contributed by atoms with E-state index in [0.717, 1.165) is 12.0 Å². The first kappa shape index (κ1) is 14.2. The van der Waals surface area contributed by atoms with Crippen molar-refractivity contribution in [3.8, 4) is 0 Å². The van der Waals surface area contributed by atoms with Gasteiger partial charge in [0, 0.05) is 12.2 Å². The Hall–Kier alpha value is -1.88. The second-order valence-electron chi connectivity index (χ2n) is 4.02. The quantitative estimate of drug-likeness (QED) is 0.688. The maximum atomic E-state index is 11.6. The number of aliphatic hydroxyl groups excluding tert-OH is 1. The Bertz CT molecular complexity index is 430. The monoisotopic (exact) mass is 250 g/mol. The molecule has 1 aromatic carbocycles. The van der Waals surface area contributed by atoms with Gasteiger partial charge in [0.05, 0.1) is 6.10 Å². The summed E-state index contributed by atoms with van der Waals surface area (Å²) in [7, 11) is 0. The number of amides is 2. The summed E-state index contributed by atoms with van der Waals surface area (Å²) in [6.07, 6.45) is 0.0934. The Morgan fingerprint density at radius 1 is 1.28 bits per heavy atom. The van der Waals surface area contributed by atoms with Crippen LogP contribution in [0.5, 0.6) is 0 Å². The molecular weight excluding hydrogens is 232 g/mol. The molecule has 0 radical (unpaired) electrons. The first-order valence-electron chi connectivity index (χ1n) is 5.89. The van der Waals surface area contributed by atoms with Crippen molar-refractivity contribution in [1.82, 2.24) is 5.32 Å². The fourth-order valence-corrected chi connectivity index (χ4v) is 1.45. The number of hydrogen-bond donors (Lipinski definition) is 3. The molecule has 0 spiro atoms. The molecule has 3 N–H and O–H groups in total. The van der Waals surface area contributed by atoms with Crippen molar-refractivity contribution < 1.29 is 14.7 Å². The smallest absolute Gasteiger partial charge is 0.313 e. The van der Waals surface area contributed by atoms with Gasteiger partial charge in [0.25, 0.3) is 0 Å². The van der Waals surface area contributed by atoms with Crippen molar-refractivity contribution in [2.45, 2.75) is 26.4 Å². The normalized spacial score (nSPS) is 11.7. The number of aryl methyl sites for hydroxylation is 1. The van der Waals surface area contributed by atoms with Crippen LogP contribution in [-0.2, 0) is 16.0 Å². The molecule has 0 heterocycles. The second-order valence-corrected chi connectivity index (χ2v) is 4.02. The average Bonchev–Trinajstić information content (AvgIpc) is 2.36. The van der Waals surface area contributed by atoms with Crippen LogP contribution in [-0.4, -0.2) is 29.6 Å². The third kappa shape index (κ3) is 4.18. The van der Waals surface area contributed by atoms with Crippen LogP contribution in [0.1, 0.15) is 19.4 Å². The Kier molecular flexibility index (Phi) is 5.32. The first-order chi connectivity index (χ1) is 8.54. The van der Waals surface area contributed by atoms with Gasteiger partial charge in [-0.3, -0.25) is 9.59 Å². The summed E-state index contributed by atoms with van der Waals surface area (Å²) in [6, 6.07) is 7.31. The van der Waals surface area contributed by atoms with E-state index in [2.05, 4.69) is 10.6 Å². The van der Waals surface area contributed by atoms with Crippen molar-refractivity contribution in [3.63, 3.8) is 0 Å². The summed E-state index contributed by atoms with van der Waals surface area (Å²) >= 11 is 0. The van der Waals surface area contributed by atoms with Crippen molar-refractivity contribution in [2.24, 2.45) is 0 Å². The van der Waals surface area contributed by atoms with Gasteiger partial charge >= 0.3 is 11.8 Å². The van der Waals surface area contributed by atoms with Gasteiger partial charge < -0.3 is 15.7 Å².